The highest BCUT2D eigenvalue weighted by atomic mass is 19.1. The lowest BCUT2D eigenvalue weighted by Gasteiger charge is -2.37. The van der Waals surface area contributed by atoms with Gasteiger partial charge in [0, 0.05) is 6.54 Å². The molecule has 4 nitrogen and oxygen atoms in total. The van der Waals surface area contributed by atoms with E-state index in [9.17, 15) is 14.3 Å². The molecule has 0 aromatic heterocycles. The first kappa shape index (κ1) is 14.8. The molecule has 5 heteroatoms. The number of aliphatic hydroxyl groups excluding tert-OH is 1. The van der Waals surface area contributed by atoms with Crippen LogP contribution in [-0.4, -0.2) is 34.9 Å². The number of hydrogen-bond acceptors (Lipinski definition) is 3. The minimum absolute atomic E-state index is 0.254. The van der Waals surface area contributed by atoms with E-state index in [-0.39, 0.29) is 12.4 Å². The molecule has 1 aromatic carbocycles. The van der Waals surface area contributed by atoms with Crippen molar-refractivity contribution < 1.29 is 19.0 Å². The summed E-state index contributed by atoms with van der Waals surface area (Å²) in [6, 6.07) is 4.19. The Labute approximate surface area is 118 Å². The van der Waals surface area contributed by atoms with Gasteiger partial charge in [0.25, 0.3) is 0 Å². The van der Waals surface area contributed by atoms with Gasteiger partial charge in [-0.15, -0.1) is 0 Å². The van der Waals surface area contributed by atoms with Crippen LogP contribution >= 0.6 is 0 Å². The van der Waals surface area contributed by atoms with Crippen molar-refractivity contribution in [2.45, 2.75) is 38.8 Å². The van der Waals surface area contributed by atoms with Gasteiger partial charge in [0.2, 0.25) is 0 Å². The molecule has 1 aromatic rings. The molecule has 1 aliphatic rings. The third-order valence-corrected chi connectivity index (χ3v) is 3.29. The Hall–Kier alpha value is -1.62. The highest BCUT2D eigenvalue weighted by molar-refractivity contribution is 5.69. The van der Waals surface area contributed by atoms with E-state index in [0.29, 0.717) is 24.1 Å². The van der Waals surface area contributed by atoms with Gasteiger partial charge in [-0.05, 0) is 44.4 Å². The van der Waals surface area contributed by atoms with Crippen LogP contribution in [0.4, 0.5) is 9.18 Å². The third kappa shape index (κ3) is 2.93. The number of ether oxygens (including phenoxy) is 1. The maximum Gasteiger partial charge on any atom is 0.410 e. The van der Waals surface area contributed by atoms with Crippen molar-refractivity contribution >= 4 is 6.09 Å². The van der Waals surface area contributed by atoms with Crippen LogP contribution in [0.1, 0.15) is 37.9 Å². The Bertz CT molecular complexity index is 510. The van der Waals surface area contributed by atoms with Crippen LogP contribution in [0.5, 0.6) is 0 Å². The van der Waals surface area contributed by atoms with E-state index in [4.69, 9.17) is 4.74 Å². The molecule has 1 aliphatic heterocycles. The maximum absolute atomic E-state index is 13.8. The molecule has 0 saturated carbocycles. The van der Waals surface area contributed by atoms with Gasteiger partial charge in [-0.1, -0.05) is 12.1 Å². The molecule has 2 rings (SSSR count). The van der Waals surface area contributed by atoms with Gasteiger partial charge in [-0.3, -0.25) is 4.90 Å². The second-order valence-corrected chi connectivity index (χ2v) is 5.93. The molecule has 0 aliphatic carbocycles. The monoisotopic (exact) mass is 281 g/mol. The van der Waals surface area contributed by atoms with Gasteiger partial charge in [-0.2, -0.15) is 0 Å². The number of carbonyl (C=O) groups is 1. The number of benzene rings is 1. The van der Waals surface area contributed by atoms with Gasteiger partial charge < -0.3 is 9.84 Å². The highest BCUT2D eigenvalue weighted by Crippen LogP contribution is 2.31. The second-order valence-electron chi connectivity index (χ2n) is 5.93. The zero-order valence-electron chi connectivity index (χ0n) is 12.0. The molecule has 20 heavy (non-hydrogen) atoms. The first-order valence-corrected chi connectivity index (χ1v) is 6.71. The fourth-order valence-electron chi connectivity index (χ4n) is 2.44. The predicted molar refractivity (Wildman–Crippen MR) is 72.9 cm³/mol. The summed E-state index contributed by atoms with van der Waals surface area (Å²) < 4.78 is 19.1. The van der Waals surface area contributed by atoms with Crippen molar-refractivity contribution in [1.82, 2.24) is 4.90 Å². The molecule has 1 heterocycles. The third-order valence-electron chi connectivity index (χ3n) is 3.29. The van der Waals surface area contributed by atoms with Gasteiger partial charge in [-0.25, -0.2) is 9.18 Å². The van der Waals surface area contributed by atoms with Crippen molar-refractivity contribution in [3.8, 4) is 0 Å². The van der Waals surface area contributed by atoms with E-state index in [2.05, 4.69) is 0 Å². The standard InChI is InChI=1S/C15H20FNO3/c1-15(2,3)20-14(19)17-8-7-10-11(13(17)9-18)5-4-6-12(10)16/h4-6,13,18H,7-9H2,1-3H3. The van der Waals surface area contributed by atoms with Crippen molar-refractivity contribution in [3.05, 3.63) is 35.1 Å². The van der Waals surface area contributed by atoms with Crippen LogP contribution < -0.4 is 0 Å². The fourth-order valence-corrected chi connectivity index (χ4v) is 2.44. The summed E-state index contributed by atoms with van der Waals surface area (Å²) in [5.74, 6) is -0.287. The predicted octanol–water partition coefficient (Wildman–Crippen LogP) is 2.65. The van der Waals surface area contributed by atoms with Crippen LogP contribution in [0.2, 0.25) is 0 Å². The Morgan fingerprint density at radius 2 is 2.20 bits per heavy atom. The zero-order chi connectivity index (χ0) is 14.9. The number of hydrogen-bond donors (Lipinski definition) is 1. The molecule has 1 N–H and O–H groups in total. The normalized spacial score (nSPS) is 18.6. The Morgan fingerprint density at radius 1 is 1.50 bits per heavy atom. The fraction of sp³-hybridized carbons (Fsp3) is 0.533. The first-order chi connectivity index (χ1) is 9.33. The van der Waals surface area contributed by atoms with Crippen LogP contribution in [-0.2, 0) is 11.2 Å². The molecule has 0 radical (unpaired) electrons. The quantitative estimate of drug-likeness (QED) is 0.861. The Morgan fingerprint density at radius 3 is 2.80 bits per heavy atom. The second kappa shape index (κ2) is 5.40. The van der Waals surface area contributed by atoms with Crippen molar-refractivity contribution in [2.24, 2.45) is 0 Å². The highest BCUT2D eigenvalue weighted by Gasteiger charge is 2.34. The lowest BCUT2D eigenvalue weighted by molar-refractivity contribution is 0.00675. The van der Waals surface area contributed by atoms with Gasteiger partial charge in [0.05, 0.1) is 12.6 Å². The number of halogens is 1. The summed E-state index contributed by atoms with van der Waals surface area (Å²) in [7, 11) is 0. The number of amides is 1. The molecule has 110 valence electrons. The zero-order valence-corrected chi connectivity index (χ0v) is 12.0. The molecule has 0 bridgehead atoms. The van der Waals surface area contributed by atoms with E-state index >= 15 is 0 Å². The maximum atomic E-state index is 13.8. The van der Waals surface area contributed by atoms with Crippen molar-refractivity contribution in [2.75, 3.05) is 13.2 Å². The molecule has 1 unspecified atom stereocenters. The minimum Gasteiger partial charge on any atom is -0.444 e. The lowest BCUT2D eigenvalue weighted by atomic mass is 9.93. The molecule has 0 saturated heterocycles. The van der Waals surface area contributed by atoms with Crippen molar-refractivity contribution in [3.63, 3.8) is 0 Å². The number of carbonyl (C=O) groups excluding carboxylic acids is 1. The Balaban J connectivity index is 2.28. The van der Waals surface area contributed by atoms with Gasteiger partial charge >= 0.3 is 6.09 Å². The average Bonchev–Trinajstić information content (AvgIpc) is 2.35. The number of nitrogens with zero attached hydrogens (tertiary/aromatic N) is 1. The minimum atomic E-state index is -0.598. The molecule has 1 atom stereocenters. The van der Waals surface area contributed by atoms with Gasteiger partial charge in [0.15, 0.2) is 0 Å². The molecule has 0 spiro atoms. The largest absolute Gasteiger partial charge is 0.444 e. The summed E-state index contributed by atoms with van der Waals surface area (Å²) in [5.41, 5.74) is 0.634. The average molecular weight is 281 g/mol. The Kier molecular flexibility index (Phi) is 3.99. The van der Waals surface area contributed by atoms with Crippen LogP contribution in [0.25, 0.3) is 0 Å². The van der Waals surface area contributed by atoms with Gasteiger partial charge in [0.1, 0.15) is 11.4 Å². The lowest BCUT2D eigenvalue weighted by Crippen LogP contribution is -2.44. The molecular formula is C15H20FNO3. The number of rotatable bonds is 1. The molecule has 1 amide bonds. The van der Waals surface area contributed by atoms with Crippen LogP contribution in [0.3, 0.4) is 0 Å². The van der Waals surface area contributed by atoms with E-state index in [1.54, 1.807) is 32.9 Å². The first-order valence-electron chi connectivity index (χ1n) is 6.71. The van der Waals surface area contributed by atoms with E-state index in [0.717, 1.165) is 0 Å². The van der Waals surface area contributed by atoms with E-state index in [1.807, 2.05) is 0 Å². The summed E-state index contributed by atoms with van der Waals surface area (Å²) in [4.78, 5) is 13.6. The molecular weight excluding hydrogens is 261 g/mol. The smallest absolute Gasteiger partial charge is 0.410 e. The van der Waals surface area contributed by atoms with Crippen LogP contribution in [0, 0.1) is 5.82 Å². The van der Waals surface area contributed by atoms with E-state index in [1.165, 1.54) is 11.0 Å². The summed E-state index contributed by atoms with van der Waals surface area (Å²) in [6.07, 6.45) is -0.0518. The topological polar surface area (TPSA) is 49.8 Å². The molecule has 0 fully saturated rings. The number of aliphatic hydroxyl groups is 1. The summed E-state index contributed by atoms with van der Waals surface area (Å²) in [6.45, 7) is 5.45. The summed E-state index contributed by atoms with van der Waals surface area (Å²) >= 11 is 0. The summed E-state index contributed by atoms with van der Waals surface area (Å²) in [5, 5.41) is 9.57. The van der Waals surface area contributed by atoms with Crippen LogP contribution in [0.15, 0.2) is 18.2 Å². The van der Waals surface area contributed by atoms with E-state index < -0.39 is 17.7 Å². The number of fused-ring (bicyclic) bond motifs is 1. The SMILES string of the molecule is CC(C)(C)OC(=O)N1CCc2c(F)cccc2C1CO. The van der Waals surface area contributed by atoms with Crippen molar-refractivity contribution in [1.29, 1.82) is 0 Å².